The third-order valence-corrected chi connectivity index (χ3v) is 5.93. The molecule has 0 atom stereocenters. The van der Waals surface area contributed by atoms with Crippen LogP contribution in [0.4, 0.5) is 11.4 Å². The molecule has 3 aromatic heterocycles. The van der Waals surface area contributed by atoms with Gasteiger partial charge < -0.3 is 18.9 Å². The van der Waals surface area contributed by atoms with Gasteiger partial charge in [0.15, 0.2) is 0 Å². The third-order valence-electron chi connectivity index (χ3n) is 5.93. The van der Waals surface area contributed by atoms with Crippen molar-refractivity contribution in [1.82, 2.24) is 29.3 Å². The minimum absolute atomic E-state index is 0.554. The fourth-order valence-electron chi connectivity index (χ4n) is 4.06. The quantitative estimate of drug-likeness (QED) is 0.328. The fraction of sp³-hybridized carbons (Fsp3) is 0.231. The average Bonchev–Trinajstić information content (AvgIpc) is 3.54. The Labute approximate surface area is 203 Å². The van der Waals surface area contributed by atoms with Gasteiger partial charge in [-0.1, -0.05) is 0 Å². The molecule has 0 fully saturated rings. The van der Waals surface area contributed by atoms with Crippen molar-refractivity contribution in [3.63, 3.8) is 0 Å². The largest absolute Gasteiger partial charge is 0.497 e. The first-order chi connectivity index (χ1) is 17.1. The van der Waals surface area contributed by atoms with Crippen molar-refractivity contribution in [3.8, 4) is 22.8 Å². The summed E-state index contributed by atoms with van der Waals surface area (Å²) in [4.78, 5) is 16.3. The Morgan fingerprint density at radius 2 is 1.71 bits per heavy atom. The van der Waals surface area contributed by atoms with Crippen molar-refractivity contribution in [2.45, 2.75) is 20.0 Å². The zero-order valence-electron chi connectivity index (χ0n) is 20.2. The highest BCUT2D eigenvalue weighted by atomic mass is 16.5. The van der Waals surface area contributed by atoms with Crippen LogP contribution in [0, 0.1) is 0 Å². The Bertz CT molecular complexity index is 1450. The van der Waals surface area contributed by atoms with Gasteiger partial charge in [0.2, 0.25) is 0 Å². The number of imidazole rings is 1. The minimum Gasteiger partial charge on any atom is -0.497 e. The van der Waals surface area contributed by atoms with Crippen LogP contribution in [0.15, 0.2) is 67.4 Å². The lowest BCUT2D eigenvalue weighted by atomic mass is 10.2. The van der Waals surface area contributed by atoms with Crippen LogP contribution in [-0.2, 0) is 20.1 Å². The molecule has 178 valence electrons. The SMILES string of the molecule is CCn1ccnc1CN(c1cc(OC)cc(OC)c1)c1ccc2ncc(-c3cnn(C)c3)nc2c1. The molecule has 0 saturated carbocycles. The number of ether oxygens (including phenoxy) is 2. The van der Waals surface area contributed by atoms with Crippen LogP contribution >= 0.6 is 0 Å². The maximum absolute atomic E-state index is 5.54. The number of rotatable bonds is 8. The number of fused-ring (bicyclic) bond motifs is 1. The van der Waals surface area contributed by atoms with Gasteiger partial charge in [-0.05, 0) is 25.1 Å². The second kappa shape index (κ2) is 9.46. The van der Waals surface area contributed by atoms with Crippen LogP contribution in [0.3, 0.4) is 0 Å². The van der Waals surface area contributed by atoms with E-state index in [9.17, 15) is 0 Å². The van der Waals surface area contributed by atoms with Crippen LogP contribution < -0.4 is 14.4 Å². The molecule has 0 radical (unpaired) electrons. The Morgan fingerprint density at radius 1 is 0.914 bits per heavy atom. The highest BCUT2D eigenvalue weighted by Crippen LogP contribution is 2.35. The Kier molecular flexibility index (Phi) is 6.05. The van der Waals surface area contributed by atoms with Gasteiger partial charge in [-0.15, -0.1) is 0 Å². The van der Waals surface area contributed by atoms with E-state index in [2.05, 4.69) is 31.5 Å². The summed E-state index contributed by atoms with van der Waals surface area (Å²) in [7, 11) is 5.19. The molecule has 5 aromatic rings. The van der Waals surface area contributed by atoms with Gasteiger partial charge in [0.25, 0.3) is 0 Å². The van der Waals surface area contributed by atoms with E-state index in [1.807, 2.05) is 62.0 Å². The van der Waals surface area contributed by atoms with Crippen LogP contribution in [0.5, 0.6) is 11.5 Å². The second-order valence-electron chi connectivity index (χ2n) is 8.12. The Balaban J connectivity index is 1.63. The lowest BCUT2D eigenvalue weighted by molar-refractivity contribution is 0.394. The smallest absolute Gasteiger partial charge is 0.128 e. The zero-order chi connectivity index (χ0) is 24.4. The zero-order valence-corrected chi connectivity index (χ0v) is 20.2. The summed E-state index contributed by atoms with van der Waals surface area (Å²) in [6.07, 6.45) is 9.32. The average molecular weight is 470 g/mol. The predicted molar refractivity (Wildman–Crippen MR) is 135 cm³/mol. The summed E-state index contributed by atoms with van der Waals surface area (Å²) in [5, 5.41) is 4.26. The monoisotopic (exact) mass is 469 g/mol. The molecule has 0 N–H and O–H groups in total. The van der Waals surface area contributed by atoms with E-state index in [1.165, 1.54) is 0 Å². The van der Waals surface area contributed by atoms with E-state index < -0.39 is 0 Å². The standard InChI is InChI=1S/C26H27N7O2/c1-5-32-9-8-27-26(32)17-33(20-10-21(34-3)13-22(11-20)35-4)19-6-7-23-24(12-19)30-25(15-28-23)18-14-29-31(2)16-18/h6-16H,5,17H2,1-4H3. The highest BCUT2D eigenvalue weighted by molar-refractivity contribution is 5.82. The van der Waals surface area contributed by atoms with Crippen molar-refractivity contribution >= 4 is 22.4 Å². The van der Waals surface area contributed by atoms with Gasteiger partial charge in [-0.25, -0.2) is 9.97 Å². The number of aryl methyl sites for hydroxylation is 2. The molecule has 0 unspecified atom stereocenters. The number of methoxy groups -OCH3 is 2. The molecular weight excluding hydrogens is 442 g/mol. The summed E-state index contributed by atoms with van der Waals surface area (Å²) in [5.74, 6) is 2.37. The third kappa shape index (κ3) is 4.52. The lowest BCUT2D eigenvalue weighted by Crippen LogP contribution is -2.19. The molecule has 0 saturated heterocycles. The Morgan fingerprint density at radius 3 is 2.40 bits per heavy atom. The topological polar surface area (TPSA) is 83.1 Å². The molecule has 0 aliphatic carbocycles. The second-order valence-corrected chi connectivity index (χ2v) is 8.12. The number of hydrogen-bond acceptors (Lipinski definition) is 7. The molecule has 0 bridgehead atoms. The van der Waals surface area contributed by atoms with Crippen LogP contribution in [0.1, 0.15) is 12.7 Å². The molecule has 9 nitrogen and oxygen atoms in total. The number of aromatic nitrogens is 6. The summed E-state index contributed by atoms with van der Waals surface area (Å²) in [5.41, 5.74) is 5.19. The molecule has 3 heterocycles. The van der Waals surface area contributed by atoms with Crippen molar-refractivity contribution in [2.75, 3.05) is 19.1 Å². The lowest BCUT2D eigenvalue weighted by Gasteiger charge is -2.26. The summed E-state index contributed by atoms with van der Waals surface area (Å²) < 4.78 is 15.0. The van der Waals surface area contributed by atoms with E-state index in [0.29, 0.717) is 18.0 Å². The van der Waals surface area contributed by atoms with Crippen molar-refractivity contribution < 1.29 is 9.47 Å². The van der Waals surface area contributed by atoms with Crippen LogP contribution in [-0.4, -0.2) is 43.5 Å². The molecule has 9 heteroatoms. The van der Waals surface area contributed by atoms with Crippen LogP contribution in [0.2, 0.25) is 0 Å². The number of nitrogens with zero attached hydrogens (tertiary/aromatic N) is 7. The predicted octanol–water partition coefficient (Wildman–Crippen LogP) is 4.60. The number of benzene rings is 2. The number of hydrogen-bond donors (Lipinski definition) is 0. The first-order valence-corrected chi connectivity index (χ1v) is 11.3. The summed E-state index contributed by atoms with van der Waals surface area (Å²) in [6.45, 7) is 3.50. The van der Waals surface area contributed by atoms with Crippen molar-refractivity contribution in [3.05, 3.63) is 73.2 Å². The molecule has 0 aliphatic heterocycles. The fourth-order valence-corrected chi connectivity index (χ4v) is 4.06. The van der Waals surface area contributed by atoms with Crippen LogP contribution in [0.25, 0.3) is 22.3 Å². The highest BCUT2D eigenvalue weighted by Gasteiger charge is 2.17. The molecule has 35 heavy (non-hydrogen) atoms. The normalized spacial score (nSPS) is 11.1. The first kappa shape index (κ1) is 22.4. The maximum Gasteiger partial charge on any atom is 0.128 e. The minimum atomic E-state index is 0.554. The summed E-state index contributed by atoms with van der Waals surface area (Å²) >= 11 is 0. The van der Waals surface area contributed by atoms with Gasteiger partial charge in [0.1, 0.15) is 17.3 Å². The Hall–Kier alpha value is -4.40. The molecule has 5 rings (SSSR count). The first-order valence-electron chi connectivity index (χ1n) is 11.3. The van der Waals surface area contributed by atoms with E-state index in [0.717, 1.165) is 46.0 Å². The van der Waals surface area contributed by atoms with E-state index in [-0.39, 0.29) is 0 Å². The van der Waals surface area contributed by atoms with E-state index in [1.54, 1.807) is 31.3 Å². The van der Waals surface area contributed by atoms with Crippen molar-refractivity contribution in [2.24, 2.45) is 7.05 Å². The molecule has 0 spiro atoms. The van der Waals surface area contributed by atoms with Gasteiger partial charge in [0, 0.05) is 67.3 Å². The molecule has 0 amide bonds. The maximum atomic E-state index is 5.54. The van der Waals surface area contributed by atoms with Gasteiger partial charge in [-0.2, -0.15) is 5.10 Å². The van der Waals surface area contributed by atoms with Gasteiger partial charge >= 0.3 is 0 Å². The van der Waals surface area contributed by atoms with Gasteiger partial charge in [-0.3, -0.25) is 9.67 Å². The van der Waals surface area contributed by atoms with Crippen molar-refractivity contribution in [1.29, 1.82) is 0 Å². The van der Waals surface area contributed by atoms with E-state index in [4.69, 9.17) is 14.5 Å². The molecule has 0 aliphatic rings. The molecule has 2 aromatic carbocycles. The molecular formula is C26H27N7O2. The van der Waals surface area contributed by atoms with E-state index >= 15 is 0 Å². The number of anilines is 2. The summed E-state index contributed by atoms with van der Waals surface area (Å²) in [6, 6.07) is 11.9. The van der Waals surface area contributed by atoms with Gasteiger partial charge in [0.05, 0.1) is 49.9 Å².